The van der Waals surface area contributed by atoms with Gasteiger partial charge in [0.15, 0.2) is 5.75 Å². The fourth-order valence-corrected chi connectivity index (χ4v) is 2.56. The van der Waals surface area contributed by atoms with Crippen LogP contribution in [-0.2, 0) is 6.61 Å². The fraction of sp³-hybridized carbons (Fsp3) is 0.182. The first-order chi connectivity index (χ1) is 15.1. The minimum absolute atomic E-state index is 0.0114. The number of amides is 1. The zero-order chi connectivity index (χ0) is 22.1. The van der Waals surface area contributed by atoms with Crippen molar-refractivity contribution < 1.29 is 23.6 Å². The number of nitro groups is 1. The number of rotatable bonds is 10. The van der Waals surface area contributed by atoms with Gasteiger partial charge < -0.3 is 13.9 Å². The van der Waals surface area contributed by atoms with E-state index in [0.29, 0.717) is 29.4 Å². The highest BCUT2D eigenvalue weighted by Crippen LogP contribution is 2.26. The molecule has 0 saturated heterocycles. The van der Waals surface area contributed by atoms with E-state index >= 15 is 0 Å². The summed E-state index contributed by atoms with van der Waals surface area (Å²) in [6.45, 7) is 2.65. The minimum Gasteiger partial charge on any atom is -0.494 e. The third-order valence-corrected chi connectivity index (χ3v) is 4.06. The van der Waals surface area contributed by atoms with E-state index in [1.807, 2.05) is 6.92 Å². The summed E-state index contributed by atoms with van der Waals surface area (Å²) >= 11 is 0. The van der Waals surface area contributed by atoms with Gasteiger partial charge in [0.1, 0.15) is 23.9 Å². The molecule has 0 aliphatic carbocycles. The van der Waals surface area contributed by atoms with Gasteiger partial charge in [0.2, 0.25) is 0 Å². The van der Waals surface area contributed by atoms with Crippen LogP contribution in [0.1, 0.15) is 35.2 Å². The molecule has 0 spiro atoms. The molecule has 0 fully saturated rings. The summed E-state index contributed by atoms with van der Waals surface area (Å²) < 4.78 is 16.5. The lowest BCUT2D eigenvalue weighted by molar-refractivity contribution is -0.386. The summed E-state index contributed by atoms with van der Waals surface area (Å²) in [6, 6.07) is 16.2. The highest BCUT2D eigenvalue weighted by Gasteiger charge is 2.14. The number of hydrazone groups is 1. The van der Waals surface area contributed by atoms with Crippen LogP contribution in [0.3, 0.4) is 0 Å². The summed E-state index contributed by atoms with van der Waals surface area (Å²) in [5, 5.41) is 14.9. The molecule has 0 bridgehead atoms. The first kappa shape index (κ1) is 21.6. The zero-order valence-electron chi connectivity index (χ0n) is 16.8. The number of nitrogens with one attached hydrogen (secondary N) is 1. The molecule has 0 unspecified atom stereocenters. The number of para-hydroxylation sites is 2. The topological polar surface area (TPSA) is 116 Å². The summed E-state index contributed by atoms with van der Waals surface area (Å²) in [6.07, 6.45) is 2.26. The summed E-state index contributed by atoms with van der Waals surface area (Å²) in [5.41, 5.74) is 2.74. The van der Waals surface area contributed by atoms with E-state index in [-0.39, 0.29) is 24.0 Å². The molecule has 0 aliphatic rings. The molecule has 1 amide bonds. The van der Waals surface area contributed by atoms with Gasteiger partial charge in [0.05, 0.1) is 17.7 Å². The molecule has 1 N–H and O–H groups in total. The van der Waals surface area contributed by atoms with Gasteiger partial charge in [-0.05, 0) is 48.9 Å². The monoisotopic (exact) mass is 423 g/mol. The number of hydrogen-bond donors (Lipinski definition) is 1. The smallest absolute Gasteiger partial charge is 0.310 e. The van der Waals surface area contributed by atoms with Crippen molar-refractivity contribution >= 4 is 17.8 Å². The second kappa shape index (κ2) is 10.6. The summed E-state index contributed by atoms with van der Waals surface area (Å²) in [4.78, 5) is 22.6. The number of carbonyl (C=O) groups is 1. The second-order valence-electron chi connectivity index (χ2n) is 6.39. The van der Waals surface area contributed by atoms with Crippen molar-refractivity contribution in [2.45, 2.75) is 20.0 Å². The number of nitro benzene ring substituents is 1. The Hall–Kier alpha value is -4.14. The largest absolute Gasteiger partial charge is 0.494 e. The molecular formula is C22H21N3O6. The Balaban J connectivity index is 1.51. The Kier molecular flexibility index (Phi) is 7.36. The SMILES string of the molecule is CCCOc1ccc(C(=O)N/N=C\c2ccc(COc3ccccc3[N+](=O)[O-])o2)cc1. The predicted octanol–water partition coefficient (Wildman–Crippen LogP) is 4.32. The molecule has 0 saturated carbocycles. The molecule has 1 heterocycles. The number of ether oxygens (including phenoxy) is 2. The molecular weight excluding hydrogens is 402 g/mol. The quantitative estimate of drug-likeness (QED) is 0.295. The maximum Gasteiger partial charge on any atom is 0.310 e. The molecule has 31 heavy (non-hydrogen) atoms. The van der Waals surface area contributed by atoms with Crippen LogP contribution in [0.15, 0.2) is 70.2 Å². The molecule has 1 aromatic heterocycles. The highest BCUT2D eigenvalue weighted by atomic mass is 16.6. The molecule has 9 nitrogen and oxygen atoms in total. The number of hydrogen-bond acceptors (Lipinski definition) is 7. The van der Waals surface area contributed by atoms with Crippen molar-refractivity contribution in [1.29, 1.82) is 0 Å². The average molecular weight is 423 g/mol. The van der Waals surface area contributed by atoms with Gasteiger partial charge in [-0.3, -0.25) is 14.9 Å². The fourth-order valence-electron chi connectivity index (χ4n) is 2.56. The lowest BCUT2D eigenvalue weighted by atomic mass is 10.2. The van der Waals surface area contributed by atoms with E-state index in [2.05, 4.69) is 10.5 Å². The number of furan rings is 1. The van der Waals surface area contributed by atoms with Crippen molar-refractivity contribution in [3.63, 3.8) is 0 Å². The van der Waals surface area contributed by atoms with Gasteiger partial charge in [0.25, 0.3) is 5.91 Å². The highest BCUT2D eigenvalue weighted by molar-refractivity contribution is 5.94. The molecule has 0 radical (unpaired) electrons. The van der Waals surface area contributed by atoms with Crippen LogP contribution in [0.5, 0.6) is 11.5 Å². The van der Waals surface area contributed by atoms with Gasteiger partial charge in [-0.2, -0.15) is 5.10 Å². The Morgan fingerprint density at radius 3 is 2.65 bits per heavy atom. The van der Waals surface area contributed by atoms with Crippen LogP contribution in [-0.4, -0.2) is 23.7 Å². The number of carbonyl (C=O) groups excluding carboxylic acids is 1. The molecule has 0 atom stereocenters. The van der Waals surface area contributed by atoms with Crippen LogP contribution in [0, 0.1) is 10.1 Å². The van der Waals surface area contributed by atoms with Crippen molar-refractivity contribution in [3.05, 3.63) is 87.9 Å². The van der Waals surface area contributed by atoms with Crippen molar-refractivity contribution in [2.24, 2.45) is 5.10 Å². The molecule has 0 aliphatic heterocycles. The normalized spacial score (nSPS) is 10.7. The average Bonchev–Trinajstić information content (AvgIpc) is 3.24. The summed E-state index contributed by atoms with van der Waals surface area (Å²) in [7, 11) is 0. The van der Waals surface area contributed by atoms with Crippen LogP contribution >= 0.6 is 0 Å². The van der Waals surface area contributed by atoms with E-state index < -0.39 is 4.92 Å². The second-order valence-corrected chi connectivity index (χ2v) is 6.39. The minimum atomic E-state index is -0.510. The van der Waals surface area contributed by atoms with Crippen LogP contribution < -0.4 is 14.9 Å². The van der Waals surface area contributed by atoms with E-state index in [1.54, 1.807) is 48.5 Å². The van der Waals surface area contributed by atoms with Gasteiger partial charge in [-0.1, -0.05) is 19.1 Å². The van der Waals surface area contributed by atoms with Gasteiger partial charge in [-0.15, -0.1) is 0 Å². The Bertz CT molecular complexity index is 1060. The molecule has 160 valence electrons. The van der Waals surface area contributed by atoms with Crippen molar-refractivity contribution in [2.75, 3.05) is 6.61 Å². The van der Waals surface area contributed by atoms with Gasteiger partial charge in [-0.25, -0.2) is 5.43 Å². The van der Waals surface area contributed by atoms with Crippen LogP contribution in [0.2, 0.25) is 0 Å². The number of nitrogens with zero attached hydrogens (tertiary/aromatic N) is 2. The Morgan fingerprint density at radius 2 is 1.90 bits per heavy atom. The van der Waals surface area contributed by atoms with Crippen LogP contribution in [0.4, 0.5) is 5.69 Å². The van der Waals surface area contributed by atoms with Crippen molar-refractivity contribution in [3.8, 4) is 11.5 Å². The third-order valence-electron chi connectivity index (χ3n) is 4.06. The maximum absolute atomic E-state index is 12.1. The van der Waals surface area contributed by atoms with Crippen LogP contribution in [0.25, 0.3) is 0 Å². The third kappa shape index (κ3) is 6.17. The molecule has 9 heteroatoms. The maximum atomic E-state index is 12.1. The van der Waals surface area contributed by atoms with E-state index in [1.165, 1.54) is 18.3 Å². The molecule has 3 rings (SSSR count). The van der Waals surface area contributed by atoms with E-state index in [4.69, 9.17) is 13.9 Å². The standard InChI is InChI=1S/C22H21N3O6/c1-2-13-29-17-9-7-16(8-10-17)22(26)24-23-14-18-11-12-19(31-18)15-30-21-6-4-3-5-20(21)25(27)28/h3-12,14H,2,13,15H2,1H3,(H,24,26)/b23-14-. The summed E-state index contributed by atoms with van der Waals surface area (Å²) in [5.74, 6) is 1.33. The molecule has 2 aromatic carbocycles. The van der Waals surface area contributed by atoms with E-state index in [0.717, 1.165) is 6.42 Å². The lowest BCUT2D eigenvalue weighted by Gasteiger charge is -2.05. The first-order valence-corrected chi connectivity index (χ1v) is 9.58. The predicted molar refractivity (Wildman–Crippen MR) is 113 cm³/mol. The van der Waals surface area contributed by atoms with E-state index in [9.17, 15) is 14.9 Å². The molecule has 3 aromatic rings. The van der Waals surface area contributed by atoms with Gasteiger partial charge >= 0.3 is 5.69 Å². The van der Waals surface area contributed by atoms with Gasteiger partial charge in [0, 0.05) is 11.6 Å². The lowest BCUT2D eigenvalue weighted by Crippen LogP contribution is -2.17. The number of benzene rings is 2. The zero-order valence-corrected chi connectivity index (χ0v) is 16.8. The first-order valence-electron chi connectivity index (χ1n) is 9.58. The Labute approximate surface area is 178 Å². The Morgan fingerprint density at radius 1 is 1.13 bits per heavy atom. The van der Waals surface area contributed by atoms with Crippen molar-refractivity contribution in [1.82, 2.24) is 5.43 Å².